The van der Waals surface area contributed by atoms with E-state index in [1.165, 1.54) is 4.90 Å². The van der Waals surface area contributed by atoms with Crippen molar-refractivity contribution in [2.24, 2.45) is 0 Å². The van der Waals surface area contributed by atoms with Gasteiger partial charge in [-0.05, 0) is 24.3 Å². The Morgan fingerprint density at radius 3 is 2.82 bits per heavy atom. The van der Waals surface area contributed by atoms with Crippen molar-refractivity contribution in [2.45, 2.75) is 11.4 Å². The summed E-state index contributed by atoms with van der Waals surface area (Å²) in [4.78, 5) is 8.44. The van der Waals surface area contributed by atoms with Crippen LogP contribution >= 0.6 is 23.4 Å². The molecule has 0 unspecified atom stereocenters. The number of nitrogens with one attached hydrogen (secondary N) is 2. The Morgan fingerprint density at radius 2 is 2.12 bits per heavy atom. The third-order valence-corrected chi connectivity index (χ3v) is 3.47. The smallest absolute Gasteiger partial charge is 0.120 e. The second-order valence-corrected chi connectivity index (χ2v) is 5.12. The molecule has 0 atom stereocenters. The average Bonchev–Trinajstić information content (AvgIpc) is 2.84. The maximum Gasteiger partial charge on any atom is 0.120 e. The van der Waals surface area contributed by atoms with Crippen molar-refractivity contribution in [1.82, 2.24) is 15.3 Å². The summed E-state index contributed by atoms with van der Waals surface area (Å²) in [7, 11) is 0. The van der Waals surface area contributed by atoms with Gasteiger partial charge in [-0.3, -0.25) is 0 Å². The Balaban J connectivity index is 1.61. The number of hydrogen-bond acceptors (Lipinski definition) is 3. The molecular formula is C12H14ClN3S. The van der Waals surface area contributed by atoms with Gasteiger partial charge < -0.3 is 10.3 Å². The van der Waals surface area contributed by atoms with E-state index in [2.05, 4.69) is 15.3 Å². The Morgan fingerprint density at radius 1 is 1.29 bits per heavy atom. The van der Waals surface area contributed by atoms with Crippen LogP contribution in [0.1, 0.15) is 5.82 Å². The summed E-state index contributed by atoms with van der Waals surface area (Å²) < 4.78 is 0. The van der Waals surface area contributed by atoms with Crippen molar-refractivity contribution in [3.8, 4) is 0 Å². The van der Waals surface area contributed by atoms with Crippen molar-refractivity contribution < 1.29 is 0 Å². The average molecular weight is 268 g/mol. The zero-order chi connectivity index (χ0) is 11.9. The number of nitrogens with zero attached hydrogens (tertiary/aromatic N) is 1. The molecule has 1 aromatic carbocycles. The van der Waals surface area contributed by atoms with Gasteiger partial charge in [0, 0.05) is 34.6 Å². The van der Waals surface area contributed by atoms with Gasteiger partial charge in [-0.25, -0.2) is 4.98 Å². The van der Waals surface area contributed by atoms with E-state index in [-0.39, 0.29) is 0 Å². The summed E-state index contributed by atoms with van der Waals surface area (Å²) in [5, 5.41) is 4.11. The first-order valence-corrected chi connectivity index (χ1v) is 6.78. The molecule has 5 heteroatoms. The lowest BCUT2D eigenvalue weighted by atomic mass is 10.4. The standard InChI is InChI=1S/C12H14ClN3S/c13-10-1-3-11(4-2-10)17-8-7-14-9-12-15-5-6-16-12/h1-6,14H,7-9H2,(H,15,16). The number of halogens is 1. The number of rotatable bonds is 6. The summed E-state index contributed by atoms with van der Waals surface area (Å²) in [6.45, 7) is 1.74. The summed E-state index contributed by atoms with van der Waals surface area (Å²) in [5.74, 6) is 2.00. The van der Waals surface area contributed by atoms with Crippen molar-refractivity contribution in [3.63, 3.8) is 0 Å². The highest BCUT2D eigenvalue weighted by Gasteiger charge is 1.96. The van der Waals surface area contributed by atoms with E-state index < -0.39 is 0 Å². The molecule has 17 heavy (non-hydrogen) atoms. The minimum absolute atomic E-state index is 0.783. The van der Waals surface area contributed by atoms with Gasteiger partial charge in [-0.1, -0.05) is 11.6 Å². The van der Waals surface area contributed by atoms with E-state index in [0.29, 0.717) is 0 Å². The highest BCUT2D eigenvalue weighted by atomic mass is 35.5. The normalized spacial score (nSPS) is 10.6. The lowest BCUT2D eigenvalue weighted by Gasteiger charge is -2.03. The molecule has 0 radical (unpaired) electrons. The number of aromatic nitrogens is 2. The molecule has 3 nitrogen and oxygen atoms in total. The van der Waals surface area contributed by atoms with Crippen molar-refractivity contribution in [1.29, 1.82) is 0 Å². The molecule has 2 aromatic rings. The quantitative estimate of drug-likeness (QED) is 0.625. The number of thioether (sulfide) groups is 1. The first kappa shape index (κ1) is 12.5. The highest BCUT2D eigenvalue weighted by Crippen LogP contribution is 2.19. The van der Waals surface area contributed by atoms with Crippen molar-refractivity contribution in [3.05, 3.63) is 47.5 Å². The van der Waals surface area contributed by atoms with Crippen molar-refractivity contribution >= 4 is 23.4 Å². The SMILES string of the molecule is Clc1ccc(SCCNCc2ncc[nH]2)cc1. The Labute approximate surface area is 110 Å². The molecule has 0 aliphatic carbocycles. The van der Waals surface area contributed by atoms with Crippen LogP contribution in [0.4, 0.5) is 0 Å². The predicted octanol–water partition coefficient (Wildman–Crippen LogP) is 2.95. The molecule has 0 aliphatic heterocycles. The fraction of sp³-hybridized carbons (Fsp3) is 0.250. The number of H-pyrrole nitrogens is 1. The molecule has 0 bridgehead atoms. The molecule has 1 heterocycles. The van der Waals surface area contributed by atoms with Crippen LogP contribution in [-0.2, 0) is 6.54 Å². The fourth-order valence-electron chi connectivity index (χ4n) is 1.37. The van der Waals surface area contributed by atoms with E-state index in [0.717, 1.165) is 29.7 Å². The monoisotopic (exact) mass is 267 g/mol. The topological polar surface area (TPSA) is 40.7 Å². The molecule has 0 spiro atoms. The fourth-order valence-corrected chi connectivity index (χ4v) is 2.31. The van der Waals surface area contributed by atoms with E-state index in [4.69, 9.17) is 11.6 Å². The third kappa shape index (κ3) is 4.42. The van der Waals surface area contributed by atoms with Gasteiger partial charge in [-0.15, -0.1) is 11.8 Å². The van der Waals surface area contributed by atoms with Crippen LogP contribution in [0.25, 0.3) is 0 Å². The van der Waals surface area contributed by atoms with Crippen molar-refractivity contribution in [2.75, 3.05) is 12.3 Å². The van der Waals surface area contributed by atoms with Crippen LogP contribution in [0.3, 0.4) is 0 Å². The van der Waals surface area contributed by atoms with E-state index in [1.54, 1.807) is 6.20 Å². The number of aromatic amines is 1. The second-order valence-electron chi connectivity index (χ2n) is 3.52. The maximum absolute atomic E-state index is 5.82. The minimum atomic E-state index is 0.783. The molecule has 0 aliphatic rings. The van der Waals surface area contributed by atoms with Crippen LogP contribution < -0.4 is 5.32 Å². The second kappa shape index (κ2) is 6.69. The van der Waals surface area contributed by atoms with E-state index in [9.17, 15) is 0 Å². The lowest BCUT2D eigenvalue weighted by Crippen LogP contribution is -2.17. The molecule has 0 fully saturated rings. The number of hydrogen-bond donors (Lipinski definition) is 2. The number of imidazole rings is 1. The Hall–Kier alpha value is -0.970. The van der Waals surface area contributed by atoms with Crippen LogP contribution in [0.15, 0.2) is 41.6 Å². The van der Waals surface area contributed by atoms with Crippen LogP contribution in [0, 0.1) is 0 Å². The van der Waals surface area contributed by atoms with Gasteiger partial charge in [0.1, 0.15) is 5.82 Å². The molecule has 2 N–H and O–H groups in total. The molecule has 0 saturated carbocycles. The van der Waals surface area contributed by atoms with Crippen LogP contribution in [0.2, 0.25) is 5.02 Å². The molecule has 0 amide bonds. The first-order chi connectivity index (χ1) is 8.34. The van der Waals surface area contributed by atoms with Gasteiger partial charge >= 0.3 is 0 Å². The van der Waals surface area contributed by atoms with Gasteiger partial charge in [-0.2, -0.15) is 0 Å². The predicted molar refractivity (Wildman–Crippen MR) is 72.5 cm³/mol. The van der Waals surface area contributed by atoms with Gasteiger partial charge in [0.05, 0.1) is 6.54 Å². The lowest BCUT2D eigenvalue weighted by molar-refractivity contribution is 0.702. The number of benzene rings is 1. The van der Waals surface area contributed by atoms with Crippen LogP contribution in [0.5, 0.6) is 0 Å². The zero-order valence-electron chi connectivity index (χ0n) is 9.32. The highest BCUT2D eigenvalue weighted by molar-refractivity contribution is 7.99. The van der Waals surface area contributed by atoms with Gasteiger partial charge in [0.2, 0.25) is 0 Å². The molecule has 90 valence electrons. The minimum Gasteiger partial charge on any atom is -0.348 e. The largest absolute Gasteiger partial charge is 0.348 e. The molecule has 1 aromatic heterocycles. The van der Waals surface area contributed by atoms with Gasteiger partial charge in [0.25, 0.3) is 0 Å². The van der Waals surface area contributed by atoms with E-state index in [1.807, 2.05) is 42.2 Å². The van der Waals surface area contributed by atoms with Gasteiger partial charge in [0.15, 0.2) is 0 Å². The maximum atomic E-state index is 5.82. The zero-order valence-corrected chi connectivity index (χ0v) is 10.9. The Kier molecular flexibility index (Phi) is 4.91. The molecule has 2 rings (SSSR count). The molecule has 0 saturated heterocycles. The summed E-state index contributed by atoms with van der Waals surface area (Å²) in [6, 6.07) is 7.92. The van der Waals surface area contributed by atoms with Crippen LogP contribution in [-0.4, -0.2) is 22.3 Å². The van der Waals surface area contributed by atoms with E-state index >= 15 is 0 Å². The first-order valence-electron chi connectivity index (χ1n) is 5.42. The summed E-state index contributed by atoms with van der Waals surface area (Å²) in [5.41, 5.74) is 0. The third-order valence-electron chi connectivity index (χ3n) is 2.21. The summed E-state index contributed by atoms with van der Waals surface area (Å²) in [6.07, 6.45) is 3.60. The molecular weight excluding hydrogens is 254 g/mol. The Bertz CT molecular complexity index is 428. The summed E-state index contributed by atoms with van der Waals surface area (Å²) >= 11 is 7.64.